The minimum absolute atomic E-state index is 0.147. The number of hydrogen-bond donors (Lipinski definition) is 1. The van der Waals surface area contributed by atoms with Crippen LogP contribution >= 0.6 is 24.0 Å². The molecule has 2 aliphatic rings. The Morgan fingerprint density at radius 3 is 2.47 bits per heavy atom. The van der Waals surface area contributed by atoms with Gasteiger partial charge in [-0.05, 0) is 37.1 Å². The molecule has 1 saturated heterocycles. The first kappa shape index (κ1) is 26.1. The SMILES string of the molecule is CCCCCCCCN1C(=O)C(=C2C(=O)N(CC(=O)Nc3cccc(C)c3)c3ccccc32)SC1=S. The van der Waals surface area contributed by atoms with Crippen molar-refractivity contribution >= 4 is 63.0 Å². The summed E-state index contributed by atoms with van der Waals surface area (Å²) in [6, 6.07) is 14.8. The number of thiocarbonyl (C=S) groups is 1. The Bertz CT molecular complexity index is 1220. The molecule has 2 aliphatic heterocycles. The van der Waals surface area contributed by atoms with Crippen LogP contribution in [0.2, 0.25) is 0 Å². The molecule has 0 atom stereocenters. The monoisotopic (exact) mass is 521 g/mol. The van der Waals surface area contributed by atoms with E-state index < -0.39 is 0 Å². The van der Waals surface area contributed by atoms with Crippen molar-refractivity contribution in [1.29, 1.82) is 0 Å². The summed E-state index contributed by atoms with van der Waals surface area (Å²) in [7, 11) is 0. The van der Waals surface area contributed by atoms with Gasteiger partial charge in [0.25, 0.3) is 11.8 Å². The lowest BCUT2D eigenvalue weighted by atomic mass is 10.1. The van der Waals surface area contributed by atoms with Crippen molar-refractivity contribution in [3.63, 3.8) is 0 Å². The van der Waals surface area contributed by atoms with E-state index in [2.05, 4.69) is 12.2 Å². The van der Waals surface area contributed by atoms with Gasteiger partial charge in [-0.15, -0.1) is 0 Å². The van der Waals surface area contributed by atoms with E-state index >= 15 is 0 Å². The van der Waals surface area contributed by atoms with Crippen LogP contribution in [-0.2, 0) is 14.4 Å². The Hall–Kier alpha value is -2.97. The molecule has 0 spiro atoms. The molecule has 4 rings (SSSR count). The van der Waals surface area contributed by atoms with Gasteiger partial charge in [0.1, 0.15) is 10.9 Å². The van der Waals surface area contributed by atoms with Gasteiger partial charge in [-0.2, -0.15) is 0 Å². The minimum atomic E-state index is -0.351. The fourth-order valence-corrected chi connectivity index (χ4v) is 5.90. The number of unbranched alkanes of at least 4 members (excludes halogenated alkanes) is 5. The van der Waals surface area contributed by atoms with Gasteiger partial charge in [0, 0.05) is 17.8 Å². The maximum absolute atomic E-state index is 13.6. The lowest BCUT2D eigenvalue weighted by Crippen LogP contribution is -2.35. The maximum atomic E-state index is 13.6. The van der Waals surface area contributed by atoms with Gasteiger partial charge in [-0.3, -0.25) is 24.2 Å². The smallest absolute Gasteiger partial charge is 0.267 e. The number of nitrogens with zero attached hydrogens (tertiary/aromatic N) is 2. The first-order valence-electron chi connectivity index (χ1n) is 12.5. The second kappa shape index (κ2) is 11.8. The fraction of sp³-hybridized carbons (Fsp3) is 0.357. The Kier molecular flexibility index (Phi) is 8.59. The largest absolute Gasteiger partial charge is 0.325 e. The highest BCUT2D eigenvalue weighted by molar-refractivity contribution is 8.26. The van der Waals surface area contributed by atoms with Crippen LogP contribution in [0.1, 0.15) is 56.6 Å². The Morgan fingerprint density at radius 1 is 0.944 bits per heavy atom. The third-order valence-electron chi connectivity index (χ3n) is 6.34. The molecule has 2 aromatic carbocycles. The molecule has 0 aromatic heterocycles. The van der Waals surface area contributed by atoms with E-state index in [9.17, 15) is 14.4 Å². The van der Waals surface area contributed by atoms with E-state index in [0.717, 1.165) is 24.8 Å². The van der Waals surface area contributed by atoms with E-state index in [1.807, 2.05) is 49.4 Å². The van der Waals surface area contributed by atoms with Gasteiger partial charge in [0.05, 0.1) is 16.2 Å². The Labute approximate surface area is 222 Å². The van der Waals surface area contributed by atoms with Crippen LogP contribution in [0.4, 0.5) is 11.4 Å². The quantitative estimate of drug-likeness (QED) is 0.239. The predicted molar refractivity (Wildman–Crippen MR) is 151 cm³/mol. The highest BCUT2D eigenvalue weighted by Gasteiger charge is 2.42. The molecule has 0 saturated carbocycles. The van der Waals surface area contributed by atoms with Crippen LogP contribution < -0.4 is 10.2 Å². The van der Waals surface area contributed by atoms with Crippen LogP contribution in [0.15, 0.2) is 53.4 Å². The van der Waals surface area contributed by atoms with E-state index in [-0.39, 0.29) is 24.3 Å². The van der Waals surface area contributed by atoms with Crippen molar-refractivity contribution in [3.8, 4) is 0 Å². The number of carbonyl (C=O) groups is 3. The van der Waals surface area contributed by atoms with Gasteiger partial charge >= 0.3 is 0 Å². The summed E-state index contributed by atoms with van der Waals surface area (Å²) >= 11 is 6.70. The molecule has 0 bridgehead atoms. The second-order valence-corrected chi connectivity index (χ2v) is 10.8. The molecule has 6 nitrogen and oxygen atoms in total. The third-order valence-corrected chi connectivity index (χ3v) is 7.79. The third kappa shape index (κ3) is 5.71. The van der Waals surface area contributed by atoms with Crippen LogP contribution in [0.25, 0.3) is 5.57 Å². The first-order valence-corrected chi connectivity index (χ1v) is 13.7. The summed E-state index contributed by atoms with van der Waals surface area (Å²) in [5.41, 5.74) is 3.32. The number of para-hydroxylation sites is 1. The van der Waals surface area contributed by atoms with E-state index in [4.69, 9.17) is 12.2 Å². The zero-order valence-corrected chi connectivity index (χ0v) is 22.3. The van der Waals surface area contributed by atoms with Crippen LogP contribution in [0, 0.1) is 6.92 Å². The molecule has 1 fully saturated rings. The van der Waals surface area contributed by atoms with Crippen molar-refractivity contribution in [2.45, 2.75) is 52.4 Å². The normalized spacial score (nSPS) is 17.2. The summed E-state index contributed by atoms with van der Waals surface area (Å²) < 4.78 is 0.483. The number of nitrogens with one attached hydrogen (secondary N) is 1. The number of thioether (sulfide) groups is 1. The van der Waals surface area contributed by atoms with Crippen LogP contribution in [0.5, 0.6) is 0 Å². The first-order chi connectivity index (χ1) is 17.4. The Morgan fingerprint density at radius 2 is 1.69 bits per heavy atom. The van der Waals surface area contributed by atoms with E-state index in [0.29, 0.717) is 38.3 Å². The number of amides is 3. The van der Waals surface area contributed by atoms with Gasteiger partial charge in [0.2, 0.25) is 5.91 Å². The average Bonchev–Trinajstić information content (AvgIpc) is 3.28. The number of benzene rings is 2. The number of rotatable bonds is 10. The summed E-state index contributed by atoms with van der Waals surface area (Å²) in [5, 5.41) is 2.86. The highest BCUT2D eigenvalue weighted by Crippen LogP contribution is 2.44. The zero-order valence-electron chi connectivity index (χ0n) is 20.7. The predicted octanol–water partition coefficient (Wildman–Crippen LogP) is 5.91. The molecular weight excluding hydrogens is 490 g/mol. The number of anilines is 2. The average molecular weight is 522 g/mol. The van der Waals surface area contributed by atoms with Crippen LogP contribution in [-0.4, -0.2) is 40.0 Å². The molecule has 36 heavy (non-hydrogen) atoms. The van der Waals surface area contributed by atoms with Gasteiger partial charge in [-0.1, -0.05) is 93.3 Å². The van der Waals surface area contributed by atoms with E-state index in [1.54, 1.807) is 11.0 Å². The molecule has 0 radical (unpaired) electrons. The molecule has 0 aliphatic carbocycles. The molecule has 0 unspecified atom stereocenters. The summed E-state index contributed by atoms with van der Waals surface area (Å²) in [4.78, 5) is 43.1. The molecule has 188 valence electrons. The van der Waals surface area contributed by atoms with E-state index in [1.165, 1.54) is 35.9 Å². The molecule has 2 heterocycles. The van der Waals surface area contributed by atoms with Crippen molar-refractivity contribution in [2.75, 3.05) is 23.3 Å². The topological polar surface area (TPSA) is 69.7 Å². The number of aryl methyl sites for hydroxylation is 1. The number of carbonyl (C=O) groups excluding carboxylic acids is 3. The van der Waals surface area contributed by atoms with Crippen molar-refractivity contribution in [3.05, 3.63) is 64.6 Å². The van der Waals surface area contributed by atoms with Gasteiger partial charge < -0.3 is 5.32 Å². The lowest BCUT2D eigenvalue weighted by Gasteiger charge is -2.17. The summed E-state index contributed by atoms with van der Waals surface area (Å²) in [5.74, 6) is -0.876. The highest BCUT2D eigenvalue weighted by atomic mass is 32.2. The Balaban J connectivity index is 1.51. The molecule has 2 aromatic rings. The molecule has 8 heteroatoms. The molecule has 3 amide bonds. The zero-order chi connectivity index (χ0) is 25.7. The van der Waals surface area contributed by atoms with Crippen molar-refractivity contribution < 1.29 is 14.4 Å². The fourth-order valence-electron chi connectivity index (χ4n) is 4.52. The number of fused-ring (bicyclic) bond motifs is 1. The summed E-state index contributed by atoms with van der Waals surface area (Å²) in [6.07, 6.45) is 6.71. The van der Waals surface area contributed by atoms with Crippen LogP contribution in [0.3, 0.4) is 0 Å². The summed E-state index contributed by atoms with van der Waals surface area (Å²) in [6.45, 7) is 4.55. The van der Waals surface area contributed by atoms with Gasteiger partial charge in [-0.25, -0.2) is 0 Å². The van der Waals surface area contributed by atoms with Crippen molar-refractivity contribution in [1.82, 2.24) is 4.90 Å². The lowest BCUT2D eigenvalue weighted by molar-refractivity contribution is -0.122. The molecular formula is C28H31N3O3S2. The van der Waals surface area contributed by atoms with Gasteiger partial charge in [0.15, 0.2) is 0 Å². The number of hydrogen-bond acceptors (Lipinski definition) is 5. The minimum Gasteiger partial charge on any atom is -0.325 e. The van der Waals surface area contributed by atoms with Crippen molar-refractivity contribution in [2.24, 2.45) is 0 Å². The second-order valence-electron chi connectivity index (χ2n) is 9.12. The standard InChI is InChI=1S/C28H31N3O3S2/c1-3-4-5-6-7-10-16-30-27(34)25(36-28(30)35)24-21-14-8-9-15-22(21)31(26(24)33)18-23(32)29-20-13-11-12-19(2)17-20/h8-9,11-15,17H,3-7,10,16,18H2,1-2H3,(H,29,32). The molecule has 1 N–H and O–H groups in total. The maximum Gasteiger partial charge on any atom is 0.267 e.